The summed E-state index contributed by atoms with van der Waals surface area (Å²) in [5.74, 6) is 0. The average Bonchev–Trinajstić information content (AvgIpc) is 1.72. The van der Waals surface area contributed by atoms with Crippen molar-refractivity contribution in [3.8, 4) is 0 Å². The second-order valence-electron chi connectivity index (χ2n) is 1.22. The minimum Gasteiger partial charge on any atom is -0.377 e. The fourth-order valence-corrected chi connectivity index (χ4v) is 0.440. The molecule has 0 aliphatic carbocycles. The Kier molecular flexibility index (Phi) is 4.88. The first-order valence-electron chi connectivity index (χ1n) is 2.15. The molecule has 1 fully saturated rings. The van der Waals surface area contributed by atoms with Gasteiger partial charge in [0.25, 0.3) is 0 Å². The summed E-state index contributed by atoms with van der Waals surface area (Å²) in [4.78, 5) is 0. The molecule has 0 saturated carbocycles. The van der Waals surface area contributed by atoms with E-state index in [2.05, 4.69) is 0 Å². The van der Waals surface area contributed by atoms with Crippen molar-refractivity contribution in [2.75, 3.05) is 26.4 Å². The van der Waals surface area contributed by atoms with E-state index < -0.39 is 0 Å². The standard InChI is InChI=1S/C4H8O2.Mn/c1-2-6-4-3-5-1;/h1-4H2;. The zero-order valence-corrected chi connectivity index (χ0v) is 5.20. The Morgan fingerprint density at radius 1 is 0.714 bits per heavy atom. The molecule has 1 heterocycles. The first kappa shape index (κ1) is 7.44. The van der Waals surface area contributed by atoms with E-state index in [-0.39, 0.29) is 17.1 Å². The van der Waals surface area contributed by atoms with Gasteiger partial charge in [-0.25, -0.2) is 0 Å². The zero-order valence-electron chi connectivity index (χ0n) is 4.02. The van der Waals surface area contributed by atoms with Crippen molar-refractivity contribution < 1.29 is 26.5 Å². The maximum absolute atomic E-state index is 4.94. The van der Waals surface area contributed by atoms with Crippen LogP contribution in [0.15, 0.2) is 0 Å². The summed E-state index contributed by atoms with van der Waals surface area (Å²) in [6, 6.07) is 0. The van der Waals surface area contributed by atoms with Crippen LogP contribution < -0.4 is 0 Å². The summed E-state index contributed by atoms with van der Waals surface area (Å²) in [7, 11) is 0. The van der Waals surface area contributed by atoms with Gasteiger partial charge in [0.2, 0.25) is 0 Å². The molecule has 0 atom stereocenters. The van der Waals surface area contributed by atoms with Gasteiger partial charge >= 0.3 is 0 Å². The SMILES string of the molecule is C1COCCO1.[Mn]. The van der Waals surface area contributed by atoms with Crippen LogP contribution in [0.1, 0.15) is 0 Å². The van der Waals surface area contributed by atoms with E-state index >= 15 is 0 Å². The minimum atomic E-state index is 0. The molecule has 1 aliphatic rings. The van der Waals surface area contributed by atoms with Gasteiger partial charge in [-0.15, -0.1) is 0 Å². The summed E-state index contributed by atoms with van der Waals surface area (Å²) in [5.41, 5.74) is 0. The third-order valence-corrected chi connectivity index (χ3v) is 0.744. The second kappa shape index (κ2) is 4.59. The monoisotopic (exact) mass is 143 g/mol. The summed E-state index contributed by atoms with van der Waals surface area (Å²) >= 11 is 0. The molecule has 7 heavy (non-hydrogen) atoms. The fraction of sp³-hybridized carbons (Fsp3) is 1.00. The average molecular weight is 143 g/mol. The molecule has 1 aliphatic heterocycles. The predicted octanol–water partition coefficient (Wildman–Crippen LogP) is 0.0307. The van der Waals surface area contributed by atoms with Gasteiger partial charge in [0.1, 0.15) is 0 Å². The van der Waals surface area contributed by atoms with E-state index in [9.17, 15) is 0 Å². The van der Waals surface area contributed by atoms with Crippen molar-refractivity contribution in [2.45, 2.75) is 0 Å². The van der Waals surface area contributed by atoms with E-state index in [0.717, 1.165) is 26.4 Å². The van der Waals surface area contributed by atoms with E-state index in [1.165, 1.54) is 0 Å². The molecule has 3 heteroatoms. The molecule has 0 bridgehead atoms. The van der Waals surface area contributed by atoms with Crippen LogP contribution in [0, 0.1) is 0 Å². The maximum Gasteiger partial charge on any atom is 0.0701 e. The molecular weight excluding hydrogens is 135 g/mol. The Labute approximate surface area is 53.7 Å². The van der Waals surface area contributed by atoms with Crippen LogP contribution in [0.4, 0.5) is 0 Å². The molecule has 0 amide bonds. The van der Waals surface area contributed by atoms with Gasteiger partial charge in [-0.05, 0) is 0 Å². The van der Waals surface area contributed by atoms with Crippen molar-refractivity contribution in [2.24, 2.45) is 0 Å². The largest absolute Gasteiger partial charge is 0.377 e. The van der Waals surface area contributed by atoms with Crippen molar-refractivity contribution in [1.29, 1.82) is 0 Å². The zero-order chi connectivity index (χ0) is 4.24. The number of ether oxygens (including phenoxy) is 2. The second-order valence-corrected chi connectivity index (χ2v) is 1.22. The number of hydrogen-bond donors (Lipinski definition) is 0. The Bertz CT molecular complexity index is 25.2. The van der Waals surface area contributed by atoms with Crippen LogP contribution in [-0.4, -0.2) is 26.4 Å². The van der Waals surface area contributed by atoms with E-state index in [1.54, 1.807) is 0 Å². The van der Waals surface area contributed by atoms with Crippen LogP contribution in [0.2, 0.25) is 0 Å². The van der Waals surface area contributed by atoms with Gasteiger partial charge in [-0.3, -0.25) is 0 Å². The molecule has 0 aromatic heterocycles. The summed E-state index contributed by atoms with van der Waals surface area (Å²) < 4.78 is 9.89. The molecule has 0 aromatic carbocycles. The third-order valence-electron chi connectivity index (χ3n) is 0.744. The molecule has 1 radical (unpaired) electrons. The molecule has 1 saturated heterocycles. The van der Waals surface area contributed by atoms with E-state index in [1.807, 2.05) is 0 Å². The Morgan fingerprint density at radius 3 is 1.14 bits per heavy atom. The third kappa shape index (κ3) is 3.06. The minimum absolute atomic E-state index is 0. The summed E-state index contributed by atoms with van der Waals surface area (Å²) in [6.45, 7) is 3.11. The van der Waals surface area contributed by atoms with Crippen molar-refractivity contribution in [1.82, 2.24) is 0 Å². The van der Waals surface area contributed by atoms with Crippen LogP contribution in [0.25, 0.3) is 0 Å². The summed E-state index contributed by atoms with van der Waals surface area (Å²) in [5, 5.41) is 0. The normalized spacial score (nSPS) is 20.6. The van der Waals surface area contributed by atoms with Gasteiger partial charge in [0.15, 0.2) is 0 Å². The first-order chi connectivity index (χ1) is 3.00. The molecule has 2 nitrogen and oxygen atoms in total. The molecular formula is C4H8MnO2. The number of rotatable bonds is 0. The van der Waals surface area contributed by atoms with Crippen LogP contribution in [0.3, 0.4) is 0 Å². The van der Waals surface area contributed by atoms with Gasteiger partial charge in [0, 0.05) is 17.1 Å². The number of hydrogen-bond acceptors (Lipinski definition) is 2. The van der Waals surface area contributed by atoms with Gasteiger partial charge < -0.3 is 9.47 Å². The van der Waals surface area contributed by atoms with Gasteiger partial charge in [-0.2, -0.15) is 0 Å². The molecule has 1 rings (SSSR count). The van der Waals surface area contributed by atoms with Gasteiger partial charge in [-0.1, -0.05) is 0 Å². The Morgan fingerprint density at radius 2 is 1.00 bits per heavy atom. The van der Waals surface area contributed by atoms with Crippen LogP contribution in [0.5, 0.6) is 0 Å². The maximum atomic E-state index is 4.94. The predicted molar refractivity (Wildman–Crippen MR) is 21.6 cm³/mol. The van der Waals surface area contributed by atoms with Crippen molar-refractivity contribution in [3.05, 3.63) is 0 Å². The van der Waals surface area contributed by atoms with Crippen molar-refractivity contribution >= 4 is 0 Å². The Balaban J connectivity index is 0.000000360. The summed E-state index contributed by atoms with van der Waals surface area (Å²) in [6.07, 6.45) is 0. The van der Waals surface area contributed by atoms with Crippen LogP contribution in [-0.2, 0) is 26.5 Å². The van der Waals surface area contributed by atoms with Gasteiger partial charge in [0.05, 0.1) is 26.4 Å². The molecule has 0 unspecified atom stereocenters. The first-order valence-corrected chi connectivity index (χ1v) is 2.15. The fourth-order valence-electron chi connectivity index (χ4n) is 0.440. The van der Waals surface area contributed by atoms with E-state index in [0.29, 0.717) is 0 Å². The smallest absolute Gasteiger partial charge is 0.0701 e. The van der Waals surface area contributed by atoms with Crippen molar-refractivity contribution in [3.63, 3.8) is 0 Å². The quantitative estimate of drug-likeness (QED) is 0.445. The molecule has 0 N–H and O–H groups in total. The Hall–Kier alpha value is 0.439. The van der Waals surface area contributed by atoms with E-state index in [4.69, 9.17) is 9.47 Å². The topological polar surface area (TPSA) is 18.5 Å². The molecule has 0 aromatic rings. The molecule has 0 spiro atoms. The van der Waals surface area contributed by atoms with Crippen LogP contribution >= 0.6 is 0 Å². The molecule has 43 valence electrons.